The molecule has 4 saturated carbocycles. The lowest BCUT2D eigenvalue weighted by Crippen LogP contribution is -2.58. The van der Waals surface area contributed by atoms with Gasteiger partial charge in [0.25, 0.3) is 0 Å². The average Bonchev–Trinajstić information content (AvgIpc) is 2.97. The highest BCUT2D eigenvalue weighted by atomic mass is 79.9. The third-order valence-corrected chi connectivity index (χ3v) is 7.83. The van der Waals surface area contributed by atoms with Gasteiger partial charge >= 0.3 is 6.18 Å². The van der Waals surface area contributed by atoms with Crippen LogP contribution in [0.15, 0.2) is 12.4 Å². The normalized spacial score (nSPS) is 36.4. The molecule has 3 unspecified atom stereocenters. The van der Waals surface area contributed by atoms with Gasteiger partial charge in [0.05, 0.1) is 5.41 Å². The molecule has 1 heterocycles. The maximum Gasteiger partial charge on any atom is 0.424 e. The molecule has 28 heavy (non-hydrogen) atoms. The van der Waals surface area contributed by atoms with Crippen molar-refractivity contribution in [1.82, 2.24) is 14.9 Å². The minimum Gasteiger partial charge on any atom is -0.374 e. The Balaban J connectivity index is 1.46. The maximum absolute atomic E-state index is 13.6. The smallest absolute Gasteiger partial charge is 0.374 e. The second kappa shape index (κ2) is 6.45. The first-order valence-corrected chi connectivity index (χ1v) is 10.5. The van der Waals surface area contributed by atoms with Crippen molar-refractivity contribution in [2.45, 2.75) is 61.0 Å². The van der Waals surface area contributed by atoms with Gasteiger partial charge in [0.2, 0.25) is 11.5 Å². The molecule has 0 radical (unpaired) electrons. The molecule has 1 aromatic heterocycles. The molecule has 5 nitrogen and oxygen atoms in total. The Hall–Kier alpha value is -1.09. The molecule has 4 fully saturated rings. The standard InChI is InChI=1S/C19H25BrF3N3O2/c1-26-5-4-24-14(26)18(28,19(21,22)23)2-3-25-15(27)16-7-12-6-13(8-16)10-17(20,9-12)11-16/h4-5,12-13,28H,2-3,6-11H2,1H3,(H,25,27). The molecule has 4 aliphatic rings. The zero-order chi connectivity index (χ0) is 20.4. The fourth-order valence-electron chi connectivity index (χ4n) is 6.11. The Labute approximate surface area is 170 Å². The first-order valence-electron chi connectivity index (χ1n) is 9.71. The van der Waals surface area contributed by atoms with E-state index in [2.05, 4.69) is 26.2 Å². The van der Waals surface area contributed by atoms with E-state index >= 15 is 0 Å². The highest BCUT2D eigenvalue weighted by molar-refractivity contribution is 9.10. The molecule has 0 saturated heterocycles. The van der Waals surface area contributed by atoms with Crippen LogP contribution < -0.4 is 5.32 Å². The molecule has 3 atom stereocenters. The Kier molecular flexibility index (Phi) is 4.65. The summed E-state index contributed by atoms with van der Waals surface area (Å²) >= 11 is 3.84. The van der Waals surface area contributed by atoms with Crippen LogP contribution in [0, 0.1) is 17.3 Å². The fourth-order valence-corrected chi connectivity index (χ4v) is 7.56. The molecule has 0 aromatic carbocycles. The molecule has 9 heteroatoms. The molecule has 1 aromatic rings. The van der Waals surface area contributed by atoms with E-state index in [0.717, 1.165) is 43.1 Å². The van der Waals surface area contributed by atoms with Crippen LogP contribution in [0.2, 0.25) is 0 Å². The number of aryl methyl sites for hydroxylation is 1. The van der Waals surface area contributed by atoms with Gasteiger partial charge in [0, 0.05) is 36.7 Å². The van der Waals surface area contributed by atoms with Crippen molar-refractivity contribution in [3.63, 3.8) is 0 Å². The van der Waals surface area contributed by atoms with Gasteiger partial charge in [0.1, 0.15) is 5.82 Å². The fraction of sp³-hybridized carbons (Fsp3) is 0.789. The number of nitrogens with one attached hydrogen (secondary N) is 1. The number of halogens is 4. The number of carbonyl (C=O) groups excluding carboxylic acids is 1. The summed E-state index contributed by atoms with van der Waals surface area (Å²) in [5, 5.41) is 13.1. The monoisotopic (exact) mass is 463 g/mol. The number of aromatic nitrogens is 2. The van der Waals surface area contributed by atoms with Gasteiger partial charge in [0.15, 0.2) is 0 Å². The predicted octanol–water partition coefficient (Wildman–Crippen LogP) is 3.41. The molecular weight excluding hydrogens is 439 g/mol. The predicted molar refractivity (Wildman–Crippen MR) is 99.6 cm³/mol. The molecule has 5 rings (SSSR count). The summed E-state index contributed by atoms with van der Waals surface area (Å²) < 4.78 is 42.0. The van der Waals surface area contributed by atoms with E-state index < -0.39 is 29.4 Å². The minimum atomic E-state index is -4.89. The van der Waals surface area contributed by atoms with Crippen LogP contribution in [0.1, 0.15) is 50.8 Å². The Bertz CT molecular complexity index is 767. The number of hydrogen-bond donors (Lipinski definition) is 2. The summed E-state index contributed by atoms with van der Waals surface area (Å²) in [6, 6.07) is 0. The van der Waals surface area contributed by atoms with Gasteiger partial charge in [-0.05, 0) is 50.4 Å². The van der Waals surface area contributed by atoms with E-state index in [1.165, 1.54) is 19.4 Å². The summed E-state index contributed by atoms with van der Waals surface area (Å²) in [7, 11) is 1.41. The molecule has 4 bridgehead atoms. The zero-order valence-corrected chi connectivity index (χ0v) is 17.3. The largest absolute Gasteiger partial charge is 0.424 e. The lowest BCUT2D eigenvalue weighted by atomic mass is 9.49. The van der Waals surface area contributed by atoms with E-state index in [1.807, 2.05) is 0 Å². The highest BCUT2D eigenvalue weighted by Gasteiger charge is 2.60. The van der Waals surface area contributed by atoms with Crippen LogP contribution in [0.5, 0.6) is 0 Å². The van der Waals surface area contributed by atoms with Crippen LogP contribution >= 0.6 is 15.9 Å². The van der Waals surface area contributed by atoms with Crippen LogP contribution in [0.4, 0.5) is 13.2 Å². The number of nitrogens with zero attached hydrogens (tertiary/aromatic N) is 2. The molecule has 2 N–H and O–H groups in total. The average molecular weight is 464 g/mol. The molecule has 0 spiro atoms. The SMILES string of the molecule is Cn1ccnc1C(O)(CCNC(=O)C12CC3CC(CC(Br)(C3)C1)C2)C(F)(F)F. The summed E-state index contributed by atoms with van der Waals surface area (Å²) in [6.07, 6.45) is 2.67. The number of alkyl halides is 4. The second-order valence-corrected chi connectivity index (χ2v) is 10.8. The highest BCUT2D eigenvalue weighted by Crippen LogP contribution is 2.64. The van der Waals surface area contributed by atoms with Crippen LogP contribution in [0.3, 0.4) is 0 Å². The van der Waals surface area contributed by atoms with E-state index in [9.17, 15) is 23.1 Å². The van der Waals surface area contributed by atoms with Crippen molar-refractivity contribution in [1.29, 1.82) is 0 Å². The summed E-state index contributed by atoms with van der Waals surface area (Å²) in [6.45, 7) is -0.256. The second-order valence-electron chi connectivity index (χ2n) is 9.12. The Morgan fingerprint density at radius 2 is 2.00 bits per heavy atom. The van der Waals surface area contributed by atoms with Gasteiger partial charge in [-0.25, -0.2) is 4.98 Å². The maximum atomic E-state index is 13.6. The van der Waals surface area contributed by atoms with Crippen molar-refractivity contribution in [2.24, 2.45) is 24.3 Å². The summed E-state index contributed by atoms with van der Waals surface area (Å²) in [4.78, 5) is 16.7. The van der Waals surface area contributed by atoms with E-state index in [4.69, 9.17) is 0 Å². The van der Waals surface area contributed by atoms with Crippen LogP contribution in [-0.4, -0.2) is 37.6 Å². The van der Waals surface area contributed by atoms with Crippen molar-refractivity contribution in [3.05, 3.63) is 18.2 Å². The number of carbonyl (C=O) groups is 1. The molecule has 0 aliphatic heterocycles. The number of hydrogen-bond acceptors (Lipinski definition) is 3. The van der Waals surface area contributed by atoms with Crippen molar-refractivity contribution in [3.8, 4) is 0 Å². The number of amides is 1. The van der Waals surface area contributed by atoms with E-state index in [0.29, 0.717) is 11.8 Å². The van der Waals surface area contributed by atoms with Gasteiger partial charge < -0.3 is 15.0 Å². The van der Waals surface area contributed by atoms with E-state index in [-0.39, 0.29) is 16.8 Å². The Morgan fingerprint density at radius 1 is 1.36 bits per heavy atom. The number of imidazole rings is 1. The number of rotatable bonds is 5. The minimum absolute atomic E-state index is 0.00586. The quantitative estimate of drug-likeness (QED) is 0.657. The molecule has 4 aliphatic carbocycles. The van der Waals surface area contributed by atoms with Crippen molar-refractivity contribution < 1.29 is 23.1 Å². The van der Waals surface area contributed by atoms with Gasteiger partial charge in [-0.2, -0.15) is 13.2 Å². The molecular formula is C19H25BrF3N3O2. The zero-order valence-electron chi connectivity index (χ0n) is 15.7. The molecule has 156 valence electrons. The first kappa shape index (κ1) is 20.2. The third kappa shape index (κ3) is 3.18. The topological polar surface area (TPSA) is 67.2 Å². The van der Waals surface area contributed by atoms with Crippen molar-refractivity contribution >= 4 is 21.8 Å². The lowest BCUT2D eigenvalue weighted by molar-refractivity contribution is -0.272. The summed E-state index contributed by atoms with van der Waals surface area (Å²) in [5.41, 5.74) is -3.59. The third-order valence-electron chi connectivity index (χ3n) is 6.90. The van der Waals surface area contributed by atoms with Gasteiger partial charge in [-0.1, -0.05) is 15.9 Å². The van der Waals surface area contributed by atoms with Crippen molar-refractivity contribution in [2.75, 3.05) is 6.54 Å². The lowest BCUT2D eigenvalue weighted by Gasteiger charge is -2.59. The van der Waals surface area contributed by atoms with Gasteiger partial charge in [-0.15, -0.1) is 0 Å². The summed E-state index contributed by atoms with van der Waals surface area (Å²) in [5.74, 6) is 0.371. The number of aliphatic hydroxyl groups is 1. The Morgan fingerprint density at radius 3 is 2.50 bits per heavy atom. The van der Waals surface area contributed by atoms with Crippen LogP contribution in [-0.2, 0) is 17.4 Å². The molecule has 1 amide bonds. The van der Waals surface area contributed by atoms with Crippen LogP contribution in [0.25, 0.3) is 0 Å². The first-order chi connectivity index (χ1) is 13.0. The van der Waals surface area contributed by atoms with Gasteiger partial charge in [-0.3, -0.25) is 4.79 Å². The van der Waals surface area contributed by atoms with E-state index in [1.54, 1.807) is 0 Å².